The van der Waals surface area contributed by atoms with E-state index in [4.69, 9.17) is 0 Å². The van der Waals surface area contributed by atoms with Gasteiger partial charge < -0.3 is 4.90 Å². The second-order valence-electron chi connectivity index (χ2n) is 7.47. The van der Waals surface area contributed by atoms with Crippen LogP contribution in [0.4, 0.5) is 0 Å². The maximum Gasteiger partial charge on any atom is 0.233 e. The van der Waals surface area contributed by atoms with Crippen molar-refractivity contribution in [3.05, 3.63) is 41.7 Å². The highest BCUT2D eigenvalue weighted by Crippen LogP contribution is 2.43. The van der Waals surface area contributed by atoms with Gasteiger partial charge in [0.25, 0.3) is 0 Å². The molecular formula is C20H23N3O2S. The summed E-state index contributed by atoms with van der Waals surface area (Å²) in [6.07, 6.45) is 6.30. The number of Topliss-reactive ketones (excluding diaryl/α,β-unsaturated/α-hetero) is 1. The number of carbonyl (C=O) groups is 2. The number of likely N-dealkylation sites (tertiary alicyclic amines) is 1. The van der Waals surface area contributed by atoms with E-state index in [0.717, 1.165) is 23.7 Å². The fourth-order valence-corrected chi connectivity index (χ4v) is 4.93. The Hall–Kier alpha value is -2.08. The fraction of sp³-hybridized carbons (Fsp3) is 0.450. The number of carbonyl (C=O) groups excluding carboxylic acids is 2. The van der Waals surface area contributed by atoms with Crippen molar-refractivity contribution in [2.75, 3.05) is 18.8 Å². The molecule has 0 radical (unpaired) electrons. The van der Waals surface area contributed by atoms with Gasteiger partial charge in [-0.05, 0) is 38.3 Å². The summed E-state index contributed by atoms with van der Waals surface area (Å²) in [5.41, 5.74) is 3.28. The molecular weight excluding hydrogens is 346 g/mol. The van der Waals surface area contributed by atoms with Gasteiger partial charge >= 0.3 is 0 Å². The Labute approximate surface area is 157 Å². The molecule has 6 heteroatoms. The van der Waals surface area contributed by atoms with Crippen molar-refractivity contribution in [2.24, 2.45) is 5.41 Å². The lowest BCUT2D eigenvalue weighted by Gasteiger charge is -2.46. The highest BCUT2D eigenvalue weighted by Gasteiger charge is 2.52. The molecule has 0 unspecified atom stereocenters. The molecule has 26 heavy (non-hydrogen) atoms. The molecule has 1 saturated heterocycles. The third-order valence-electron chi connectivity index (χ3n) is 5.53. The number of hydrogen-bond donors (Lipinski definition) is 0. The predicted octanol–water partition coefficient (Wildman–Crippen LogP) is 3.16. The number of benzene rings is 1. The minimum atomic E-state index is -0.211. The highest BCUT2D eigenvalue weighted by molar-refractivity contribution is 7.99. The van der Waals surface area contributed by atoms with E-state index in [1.54, 1.807) is 6.20 Å². The molecule has 1 amide bonds. The van der Waals surface area contributed by atoms with Gasteiger partial charge in [-0.3, -0.25) is 14.2 Å². The lowest BCUT2D eigenvalue weighted by molar-refractivity contribution is -0.147. The van der Waals surface area contributed by atoms with Crippen LogP contribution in [0.2, 0.25) is 0 Å². The summed E-state index contributed by atoms with van der Waals surface area (Å²) in [7, 11) is 0. The number of thioether (sulfide) groups is 1. The van der Waals surface area contributed by atoms with Crippen LogP contribution in [0.25, 0.3) is 5.69 Å². The maximum atomic E-state index is 12.5. The Balaban J connectivity index is 1.40. The van der Waals surface area contributed by atoms with E-state index in [-0.39, 0.29) is 11.3 Å². The van der Waals surface area contributed by atoms with E-state index in [0.29, 0.717) is 31.0 Å². The standard InChI is InChI=1S/C20H23N3O2S/c1-14-5-6-16(15(2)10-14)23-9-8-21-19(23)26-11-18(25)22-12-20(13-22)7-3-4-17(20)24/h5-6,8-10H,3-4,7,11-13H2,1-2H3. The molecule has 2 fully saturated rings. The van der Waals surface area contributed by atoms with Crippen LogP contribution < -0.4 is 0 Å². The minimum absolute atomic E-state index is 0.0931. The van der Waals surface area contributed by atoms with Crippen molar-refractivity contribution in [2.45, 2.75) is 38.3 Å². The van der Waals surface area contributed by atoms with Crippen LogP contribution in [-0.4, -0.2) is 45.0 Å². The Morgan fingerprint density at radius 3 is 2.81 bits per heavy atom. The first-order valence-electron chi connectivity index (χ1n) is 9.03. The number of rotatable bonds is 4. The van der Waals surface area contributed by atoms with E-state index in [9.17, 15) is 9.59 Å². The van der Waals surface area contributed by atoms with Gasteiger partial charge in [0.1, 0.15) is 5.78 Å². The van der Waals surface area contributed by atoms with Crippen LogP contribution in [0.1, 0.15) is 30.4 Å². The van der Waals surface area contributed by atoms with E-state index in [2.05, 4.69) is 37.0 Å². The monoisotopic (exact) mass is 369 g/mol. The Morgan fingerprint density at radius 1 is 1.31 bits per heavy atom. The molecule has 4 rings (SSSR count). The van der Waals surface area contributed by atoms with Crippen molar-refractivity contribution in [3.8, 4) is 5.69 Å². The number of nitrogens with zero attached hydrogens (tertiary/aromatic N) is 3. The first-order valence-corrected chi connectivity index (χ1v) is 10.0. The third kappa shape index (κ3) is 2.96. The number of amides is 1. The number of ketones is 1. The molecule has 1 aromatic heterocycles. The molecule has 2 heterocycles. The van der Waals surface area contributed by atoms with Crippen molar-refractivity contribution in [3.63, 3.8) is 0 Å². The van der Waals surface area contributed by atoms with Crippen molar-refractivity contribution in [1.29, 1.82) is 0 Å². The van der Waals surface area contributed by atoms with Crippen LogP contribution in [0.3, 0.4) is 0 Å². The zero-order valence-electron chi connectivity index (χ0n) is 15.2. The Bertz CT molecular complexity index is 868. The summed E-state index contributed by atoms with van der Waals surface area (Å²) < 4.78 is 2.03. The van der Waals surface area contributed by atoms with Crippen LogP contribution in [0, 0.1) is 19.3 Å². The third-order valence-corrected chi connectivity index (χ3v) is 6.49. The van der Waals surface area contributed by atoms with Gasteiger partial charge in [0.05, 0.1) is 16.9 Å². The topological polar surface area (TPSA) is 55.2 Å². The van der Waals surface area contributed by atoms with Crippen molar-refractivity contribution in [1.82, 2.24) is 14.5 Å². The Kier molecular flexibility index (Phi) is 4.39. The first kappa shape index (κ1) is 17.3. The molecule has 1 spiro atoms. The lowest BCUT2D eigenvalue weighted by Crippen LogP contribution is -2.60. The second kappa shape index (κ2) is 6.58. The van der Waals surface area contributed by atoms with Gasteiger partial charge in [0, 0.05) is 31.9 Å². The SMILES string of the molecule is Cc1ccc(-n2ccnc2SCC(=O)N2CC3(CCCC3=O)C2)c(C)c1. The minimum Gasteiger partial charge on any atom is -0.340 e. The molecule has 1 aliphatic carbocycles. The first-order chi connectivity index (χ1) is 12.5. The van der Waals surface area contributed by atoms with Gasteiger partial charge in [0.15, 0.2) is 5.16 Å². The average molecular weight is 369 g/mol. The molecule has 136 valence electrons. The molecule has 0 bridgehead atoms. The zero-order valence-corrected chi connectivity index (χ0v) is 16.0. The maximum absolute atomic E-state index is 12.5. The van der Waals surface area contributed by atoms with Crippen LogP contribution in [0.15, 0.2) is 35.7 Å². The largest absolute Gasteiger partial charge is 0.340 e. The summed E-state index contributed by atoms with van der Waals surface area (Å²) in [5, 5.41) is 0.817. The van der Waals surface area contributed by atoms with Gasteiger partial charge in [-0.1, -0.05) is 29.5 Å². The second-order valence-corrected chi connectivity index (χ2v) is 8.41. The smallest absolute Gasteiger partial charge is 0.233 e. The molecule has 2 aliphatic rings. The summed E-state index contributed by atoms with van der Waals surface area (Å²) in [4.78, 5) is 30.7. The zero-order chi connectivity index (χ0) is 18.3. The summed E-state index contributed by atoms with van der Waals surface area (Å²) in [6, 6.07) is 6.32. The van der Waals surface area contributed by atoms with E-state index in [1.165, 1.54) is 22.9 Å². The van der Waals surface area contributed by atoms with Crippen LogP contribution >= 0.6 is 11.8 Å². The van der Waals surface area contributed by atoms with E-state index in [1.807, 2.05) is 15.7 Å². The van der Waals surface area contributed by atoms with Crippen LogP contribution in [0.5, 0.6) is 0 Å². The van der Waals surface area contributed by atoms with E-state index < -0.39 is 0 Å². The number of hydrogen-bond acceptors (Lipinski definition) is 4. The van der Waals surface area contributed by atoms with E-state index >= 15 is 0 Å². The van der Waals surface area contributed by atoms with Gasteiger partial charge in [-0.25, -0.2) is 4.98 Å². The number of aromatic nitrogens is 2. The normalized spacial score (nSPS) is 18.4. The van der Waals surface area contributed by atoms with Gasteiger partial charge in [-0.2, -0.15) is 0 Å². The molecule has 0 N–H and O–H groups in total. The van der Waals surface area contributed by atoms with Crippen molar-refractivity contribution < 1.29 is 9.59 Å². The summed E-state index contributed by atoms with van der Waals surface area (Å²) in [5.74, 6) is 0.793. The summed E-state index contributed by atoms with van der Waals surface area (Å²) in [6.45, 7) is 5.38. The quantitative estimate of drug-likeness (QED) is 0.777. The Morgan fingerprint density at radius 2 is 2.12 bits per heavy atom. The van der Waals surface area contributed by atoms with Crippen LogP contribution in [-0.2, 0) is 9.59 Å². The fourth-order valence-electron chi connectivity index (χ4n) is 4.06. The molecule has 2 aromatic rings. The summed E-state index contributed by atoms with van der Waals surface area (Å²) >= 11 is 1.45. The molecule has 1 aromatic carbocycles. The molecule has 5 nitrogen and oxygen atoms in total. The predicted molar refractivity (Wildman–Crippen MR) is 102 cm³/mol. The number of aryl methyl sites for hydroxylation is 2. The molecule has 0 atom stereocenters. The molecule has 1 aliphatic heterocycles. The van der Waals surface area contributed by atoms with Crippen molar-refractivity contribution >= 4 is 23.5 Å². The average Bonchev–Trinajstić information content (AvgIpc) is 3.17. The molecule has 1 saturated carbocycles. The lowest BCUT2D eigenvalue weighted by atomic mass is 9.77. The highest BCUT2D eigenvalue weighted by atomic mass is 32.2. The van der Waals surface area contributed by atoms with Gasteiger partial charge in [-0.15, -0.1) is 0 Å². The number of imidazole rings is 1. The van der Waals surface area contributed by atoms with Gasteiger partial charge in [0.2, 0.25) is 5.91 Å².